The van der Waals surface area contributed by atoms with E-state index in [0.29, 0.717) is 16.5 Å². The first-order valence-corrected chi connectivity index (χ1v) is 8.11. The summed E-state index contributed by atoms with van der Waals surface area (Å²) < 4.78 is 5.21. The molecule has 0 aliphatic carbocycles. The third kappa shape index (κ3) is 4.58. The van der Waals surface area contributed by atoms with Crippen molar-refractivity contribution in [3.63, 3.8) is 0 Å². The number of carbonyl (C=O) groups is 1. The van der Waals surface area contributed by atoms with Gasteiger partial charge in [-0.1, -0.05) is 24.9 Å². The summed E-state index contributed by atoms with van der Waals surface area (Å²) >= 11 is 5.96. The Morgan fingerprint density at radius 3 is 2.75 bits per heavy atom. The van der Waals surface area contributed by atoms with Crippen LogP contribution < -0.4 is 15.0 Å². The van der Waals surface area contributed by atoms with E-state index in [4.69, 9.17) is 16.3 Å². The van der Waals surface area contributed by atoms with Crippen molar-refractivity contribution >= 4 is 29.0 Å². The van der Waals surface area contributed by atoms with Gasteiger partial charge in [0.1, 0.15) is 17.3 Å². The van der Waals surface area contributed by atoms with Crippen molar-refractivity contribution in [3.8, 4) is 5.75 Å². The average Bonchev–Trinajstić information content (AvgIpc) is 2.60. The van der Waals surface area contributed by atoms with Gasteiger partial charge >= 0.3 is 0 Å². The van der Waals surface area contributed by atoms with Gasteiger partial charge in [0.25, 0.3) is 5.91 Å². The number of carbonyl (C=O) groups excluding carboxylic acids is 1. The number of anilines is 2. The molecule has 0 unspecified atom stereocenters. The number of halogens is 1. The van der Waals surface area contributed by atoms with Crippen LogP contribution >= 0.6 is 11.6 Å². The van der Waals surface area contributed by atoms with Crippen molar-refractivity contribution in [2.45, 2.75) is 19.8 Å². The molecule has 0 spiro atoms. The van der Waals surface area contributed by atoms with Gasteiger partial charge in [0.05, 0.1) is 25.2 Å². The van der Waals surface area contributed by atoms with Crippen molar-refractivity contribution < 1.29 is 9.53 Å². The van der Waals surface area contributed by atoms with E-state index in [9.17, 15) is 4.79 Å². The molecule has 1 aromatic heterocycles. The molecule has 1 amide bonds. The minimum absolute atomic E-state index is 0.227. The molecule has 0 saturated heterocycles. The Labute approximate surface area is 146 Å². The first-order valence-electron chi connectivity index (χ1n) is 7.73. The molecule has 0 aliphatic heterocycles. The van der Waals surface area contributed by atoms with Gasteiger partial charge in [-0.2, -0.15) is 0 Å². The van der Waals surface area contributed by atoms with Crippen molar-refractivity contribution in [2.24, 2.45) is 0 Å². The fraction of sp³-hybridized carbons (Fsp3) is 0.353. The summed E-state index contributed by atoms with van der Waals surface area (Å²) in [5.74, 6) is 0.891. The van der Waals surface area contributed by atoms with Crippen LogP contribution in [0.1, 0.15) is 30.3 Å². The first-order chi connectivity index (χ1) is 11.5. The van der Waals surface area contributed by atoms with Crippen molar-refractivity contribution in [3.05, 3.63) is 41.3 Å². The van der Waals surface area contributed by atoms with E-state index in [2.05, 4.69) is 22.2 Å². The Hall–Kier alpha value is -2.34. The molecule has 7 heteroatoms. The van der Waals surface area contributed by atoms with Crippen LogP contribution in [0.3, 0.4) is 0 Å². The van der Waals surface area contributed by atoms with E-state index < -0.39 is 0 Å². The maximum atomic E-state index is 12.3. The summed E-state index contributed by atoms with van der Waals surface area (Å²) in [5, 5.41) is 3.24. The smallest absolute Gasteiger partial charge is 0.275 e. The van der Waals surface area contributed by atoms with Crippen LogP contribution in [-0.2, 0) is 0 Å². The van der Waals surface area contributed by atoms with Gasteiger partial charge < -0.3 is 15.0 Å². The van der Waals surface area contributed by atoms with Gasteiger partial charge in [-0.15, -0.1) is 0 Å². The number of benzene rings is 1. The van der Waals surface area contributed by atoms with Crippen LogP contribution in [0.15, 0.2) is 30.6 Å². The molecule has 0 bridgehead atoms. The second-order valence-electron chi connectivity index (χ2n) is 5.33. The predicted molar refractivity (Wildman–Crippen MR) is 96.2 cm³/mol. The zero-order valence-corrected chi connectivity index (χ0v) is 14.8. The Kier molecular flexibility index (Phi) is 6.37. The maximum absolute atomic E-state index is 12.3. The lowest BCUT2D eigenvalue weighted by atomic mass is 10.2. The van der Waals surface area contributed by atoms with Crippen LogP contribution in [0, 0.1) is 0 Å². The van der Waals surface area contributed by atoms with Crippen LogP contribution in [0.2, 0.25) is 5.02 Å². The van der Waals surface area contributed by atoms with Crippen molar-refractivity contribution in [2.75, 3.05) is 30.9 Å². The third-order valence-corrected chi connectivity index (χ3v) is 3.75. The number of aromatic nitrogens is 2. The number of ether oxygens (including phenoxy) is 1. The van der Waals surface area contributed by atoms with Gasteiger partial charge in [-0.25, -0.2) is 9.97 Å². The average molecular weight is 349 g/mol. The quantitative estimate of drug-likeness (QED) is 0.827. The van der Waals surface area contributed by atoms with Crippen LogP contribution in [0.4, 0.5) is 11.5 Å². The molecule has 0 radical (unpaired) electrons. The minimum atomic E-state index is -0.370. The first kappa shape index (κ1) is 18.0. The molecular weight excluding hydrogens is 328 g/mol. The number of rotatable bonds is 7. The van der Waals surface area contributed by atoms with Gasteiger partial charge in [0, 0.05) is 18.6 Å². The summed E-state index contributed by atoms with van der Waals surface area (Å²) in [6, 6.07) is 5.00. The minimum Gasteiger partial charge on any atom is -0.495 e. The van der Waals surface area contributed by atoms with E-state index in [-0.39, 0.29) is 11.6 Å². The number of nitrogens with zero attached hydrogens (tertiary/aromatic N) is 3. The Bertz CT molecular complexity index is 691. The highest BCUT2D eigenvalue weighted by atomic mass is 35.5. The van der Waals surface area contributed by atoms with Crippen molar-refractivity contribution in [1.29, 1.82) is 0 Å². The standard InChI is InChI=1S/C17H21ClN4O2/c1-4-5-8-22(2)16-11-19-14(10-20-16)17(23)21-13-9-12(18)6-7-15(13)24-3/h6-7,9-11H,4-5,8H2,1-3H3,(H,21,23). The van der Waals surface area contributed by atoms with Crippen LogP contribution in [0.5, 0.6) is 5.75 Å². The fourth-order valence-corrected chi connectivity index (χ4v) is 2.28. The summed E-state index contributed by atoms with van der Waals surface area (Å²) in [7, 11) is 3.48. The number of amides is 1. The van der Waals surface area contributed by atoms with Gasteiger partial charge in [0.15, 0.2) is 0 Å². The largest absolute Gasteiger partial charge is 0.495 e. The Balaban J connectivity index is 2.09. The van der Waals surface area contributed by atoms with Crippen LogP contribution in [0.25, 0.3) is 0 Å². The normalized spacial score (nSPS) is 10.3. The molecule has 2 aromatic rings. The molecule has 6 nitrogen and oxygen atoms in total. The Morgan fingerprint density at radius 2 is 2.12 bits per heavy atom. The molecular formula is C17H21ClN4O2. The monoisotopic (exact) mass is 348 g/mol. The molecule has 0 saturated carbocycles. The van der Waals surface area contributed by atoms with E-state index in [1.54, 1.807) is 24.4 Å². The molecule has 0 atom stereocenters. The molecule has 24 heavy (non-hydrogen) atoms. The summed E-state index contributed by atoms with van der Waals surface area (Å²) in [5.41, 5.74) is 0.714. The number of unbranched alkanes of at least 4 members (excludes halogenated alkanes) is 1. The molecule has 1 aromatic carbocycles. The van der Waals surface area contributed by atoms with Crippen LogP contribution in [-0.4, -0.2) is 36.6 Å². The lowest BCUT2D eigenvalue weighted by Gasteiger charge is -2.17. The van der Waals surface area contributed by atoms with E-state index in [1.165, 1.54) is 13.3 Å². The lowest BCUT2D eigenvalue weighted by Crippen LogP contribution is -2.21. The van der Waals surface area contributed by atoms with E-state index in [0.717, 1.165) is 25.2 Å². The highest BCUT2D eigenvalue weighted by Crippen LogP contribution is 2.27. The zero-order valence-electron chi connectivity index (χ0n) is 14.0. The summed E-state index contributed by atoms with van der Waals surface area (Å²) in [6.07, 6.45) is 5.25. The fourth-order valence-electron chi connectivity index (χ4n) is 2.11. The zero-order chi connectivity index (χ0) is 17.5. The molecule has 0 aliphatic rings. The highest BCUT2D eigenvalue weighted by Gasteiger charge is 2.13. The number of methoxy groups -OCH3 is 1. The number of hydrogen-bond donors (Lipinski definition) is 1. The molecule has 1 N–H and O–H groups in total. The number of nitrogens with one attached hydrogen (secondary N) is 1. The molecule has 128 valence electrons. The predicted octanol–water partition coefficient (Wildman–Crippen LogP) is 3.63. The molecule has 1 heterocycles. The van der Waals surface area contributed by atoms with Crippen molar-refractivity contribution in [1.82, 2.24) is 9.97 Å². The topological polar surface area (TPSA) is 67.4 Å². The Morgan fingerprint density at radius 1 is 1.33 bits per heavy atom. The highest BCUT2D eigenvalue weighted by molar-refractivity contribution is 6.31. The SMILES string of the molecule is CCCCN(C)c1cnc(C(=O)Nc2cc(Cl)ccc2OC)cn1. The second-order valence-corrected chi connectivity index (χ2v) is 5.77. The maximum Gasteiger partial charge on any atom is 0.275 e. The second kappa shape index (κ2) is 8.49. The lowest BCUT2D eigenvalue weighted by molar-refractivity contribution is 0.102. The summed E-state index contributed by atoms with van der Waals surface area (Å²) in [4.78, 5) is 22.8. The molecule has 0 fully saturated rings. The van der Waals surface area contributed by atoms with Gasteiger partial charge in [-0.05, 0) is 24.6 Å². The van der Waals surface area contributed by atoms with Gasteiger partial charge in [0.2, 0.25) is 0 Å². The van der Waals surface area contributed by atoms with E-state index in [1.807, 2.05) is 11.9 Å². The van der Waals surface area contributed by atoms with Gasteiger partial charge in [-0.3, -0.25) is 4.79 Å². The third-order valence-electron chi connectivity index (χ3n) is 3.52. The van der Waals surface area contributed by atoms with E-state index >= 15 is 0 Å². The number of hydrogen-bond acceptors (Lipinski definition) is 5. The molecule has 2 rings (SSSR count). The summed E-state index contributed by atoms with van der Waals surface area (Å²) in [6.45, 7) is 3.04.